The fraction of sp³-hybridized carbons (Fsp3) is 0.455. The van der Waals surface area contributed by atoms with Crippen molar-refractivity contribution in [2.45, 2.75) is 55.5 Å². The first-order valence-corrected chi connectivity index (χ1v) is 12.9. The second-order valence-electron chi connectivity index (χ2n) is 8.45. The number of fused-ring (bicyclic) bond motifs is 1. The summed E-state index contributed by atoms with van der Waals surface area (Å²) in [6.45, 7) is 4.16. The predicted octanol–water partition coefficient (Wildman–Crippen LogP) is 5.01. The molecule has 0 radical (unpaired) electrons. The van der Waals surface area contributed by atoms with Gasteiger partial charge in [-0.25, -0.2) is 4.98 Å². The monoisotopic (exact) mass is 468 g/mol. The zero-order chi connectivity index (χ0) is 21.7. The maximum atomic E-state index is 12.9. The molecule has 1 N–H and O–H groups in total. The number of nitrogens with zero attached hydrogens (tertiary/aromatic N) is 5. The summed E-state index contributed by atoms with van der Waals surface area (Å²) in [7, 11) is 0. The largest absolute Gasteiger partial charge is 0.464 e. The van der Waals surface area contributed by atoms with Crippen molar-refractivity contribution < 1.29 is 4.42 Å². The molecule has 1 aliphatic heterocycles. The Morgan fingerprint density at radius 2 is 2.09 bits per heavy atom. The Kier molecular flexibility index (Phi) is 5.06. The minimum absolute atomic E-state index is 0.0582. The molecule has 0 bridgehead atoms. The van der Waals surface area contributed by atoms with Crippen molar-refractivity contribution in [2.24, 2.45) is 0 Å². The molecule has 8 nitrogen and oxygen atoms in total. The normalized spacial score (nSPS) is 17.8. The van der Waals surface area contributed by atoms with E-state index in [1.54, 1.807) is 18.0 Å². The Bertz CT molecular complexity index is 1300. The van der Waals surface area contributed by atoms with Crippen LogP contribution in [0, 0.1) is 0 Å². The number of hydrogen-bond donors (Lipinski definition) is 1. The van der Waals surface area contributed by atoms with Gasteiger partial charge in [-0.05, 0) is 51.2 Å². The fourth-order valence-electron chi connectivity index (χ4n) is 4.30. The Balaban J connectivity index is 1.30. The van der Waals surface area contributed by atoms with Crippen molar-refractivity contribution in [1.82, 2.24) is 24.7 Å². The molecular weight excluding hydrogens is 444 g/mol. The van der Waals surface area contributed by atoms with Gasteiger partial charge in [-0.15, -0.1) is 21.5 Å². The van der Waals surface area contributed by atoms with E-state index in [2.05, 4.69) is 31.6 Å². The molecule has 0 spiro atoms. The third-order valence-corrected chi connectivity index (χ3v) is 8.05. The van der Waals surface area contributed by atoms with Gasteiger partial charge in [0.25, 0.3) is 5.56 Å². The van der Waals surface area contributed by atoms with Crippen molar-refractivity contribution in [2.75, 3.05) is 18.0 Å². The summed E-state index contributed by atoms with van der Waals surface area (Å²) < 4.78 is 7.80. The van der Waals surface area contributed by atoms with Crippen LogP contribution in [-0.2, 0) is 0 Å². The van der Waals surface area contributed by atoms with Crippen LogP contribution < -0.4 is 10.5 Å². The van der Waals surface area contributed by atoms with Crippen molar-refractivity contribution in [3.8, 4) is 11.3 Å². The first-order chi connectivity index (χ1) is 15.7. The highest BCUT2D eigenvalue weighted by molar-refractivity contribution is 7.99. The lowest BCUT2D eigenvalue weighted by Crippen LogP contribution is -2.31. The number of furan rings is 1. The van der Waals surface area contributed by atoms with Crippen molar-refractivity contribution in [3.63, 3.8) is 0 Å². The lowest BCUT2D eigenvalue weighted by molar-refractivity contribution is 0.548. The maximum Gasteiger partial charge on any atom is 0.260 e. The smallest absolute Gasteiger partial charge is 0.260 e. The van der Waals surface area contributed by atoms with Gasteiger partial charge in [-0.2, -0.15) is 0 Å². The van der Waals surface area contributed by atoms with E-state index in [0.717, 1.165) is 34.6 Å². The van der Waals surface area contributed by atoms with Gasteiger partial charge in [-0.1, -0.05) is 11.8 Å². The number of H-pyrrole nitrogens is 1. The number of piperidine rings is 1. The lowest BCUT2D eigenvalue weighted by atomic mass is 10.1. The molecule has 10 heteroatoms. The zero-order valence-corrected chi connectivity index (χ0v) is 19.4. The van der Waals surface area contributed by atoms with Gasteiger partial charge >= 0.3 is 0 Å². The number of nitrogens with one attached hydrogen (secondary N) is 1. The molecule has 0 aromatic carbocycles. The van der Waals surface area contributed by atoms with Gasteiger partial charge in [0, 0.05) is 30.1 Å². The average molecular weight is 469 g/mol. The van der Waals surface area contributed by atoms with E-state index in [1.807, 2.05) is 17.5 Å². The maximum absolute atomic E-state index is 12.9. The highest BCUT2D eigenvalue weighted by Gasteiger charge is 2.33. The molecule has 1 unspecified atom stereocenters. The van der Waals surface area contributed by atoms with Gasteiger partial charge in [0.1, 0.15) is 16.4 Å². The van der Waals surface area contributed by atoms with E-state index in [9.17, 15) is 4.79 Å². The SMILES string of the molecule is CC(Sc1nnc(N2CCCCC2)n1C1CC1)c1nc2scc(-c3ccco3)c2c(=O)[nH]1. The van der Waals surface area contributed by atoms with Crippen LogP contribution in [0.15, 0.2) is 38.1 Å². The van der Waals surface area contributed by atoms with Crippen LogP contribution in [-0.4, -0.2) is 37.8 Å². The fourth-order valence-corrected chi connectivity index (χ4v) is 6.20. The minimum Gasteiger partial charge on any atom is -0.464 e. The number of thioether (sulfide) groups is 1. The van der Waals surface area contributed by atoms with Crippen LogP contribution in [0.3, 0.4) is 0 Å². The molecule has 1 saturated heterocycles. The van der Waals surface area contributed by atoms with Crippen LogP contribution >= 0.6 is 23.1 Å². The quantitative estimate of drug-likeness (QED) is 0.397. The topological polar surface area (TPSA) is 92.8 Å². The second-order valence-corrected chi connectivity index (χ2v) is 10.6. The molecule has 4 aromatic heterocycles. The number of aromatic amines is 1. The van der Waals surface area contributed by atoms with Crippen LogP contribution in [0.4, 0.5) is 5.95 Å². The van der Waals surface area contributed by atoms with E-state index in [4.69, 9.17) is 9.40 Å². The molecule has 166 valence electrons. The molecule has 2 fully saturated rings. The number of aromatic nitrogens is 5. The van der Waals surface area contributed by atoms with E-state index < -0.39 is 0 Å². The molecule has 6 rings (SSSR count). The molecule has 1 atom stereocenters. The standard InChI is InChI=1S/C22H24N6O2S2/c1-13(18-23-19(29)17-15(12-31-20(17)24-18)16-6-5-11-30-16)32-22-26-25-21(28(22)14-7-8-14)27-9-3-2-4-10-27/h5-6,11-14H,2-4,7-10H2,1H3,(H,23,24,29). The van der Waals surface area contributed by atoms with Gasteiger partial charge in [0.2, 0.25) is 5.95 Å². The molecule has 5 heterocycles. The van der Waals surface area contributed by atoms with Crippen LogP contribution in [0.5, 0.6) is 0 Å². The summed E-state index contributed by atoms with van der Waals surface area (Å²) in [5.41, 5.74) is 0.651. The molecule has 32 heavy (non-hydrogen) atoms. The highest BCUT2D eigenvalue weighted by Crippen LogP contribution is 2.44. The molecule has 4 aromatic rings. The van der Waals surface area contributed by atoms with Gasteiger partial charge in [-0.3, -0.25) is 9.36 Å². The first-order valence-electron chi connectivity index (χ1n) is 11.1. The van der Waals surface area contributed by atoms with Crippen LogP contribution in [0.1, 0.15) is 56.1 Å². The van der Waals surface area contributed by atoms with Gasteiger partial charge < -0.3 is 14.3 Å². The Morgan fingerprint density at radius 3 is 2.84 bits per heavy atom. The van der Waals surface area contributed by atoms with E-state index >= 15 is 0 Å². The number of anilines is 1. The summed E-state index contributed by atoms with van der Waals surface area (Å²) in [6.07, 6.45) is 7.67. The highest BCUT2D eigenvalue weighted by atomic mass is 32.2. The van der Waals surface area contributed by atoms with Gasteiger partial charge in [0.15, 0.2) is 5.16 Å². The molecule has 0 amide bonds. The third kappa shape index (κ3) is 3.55. The minimum atomic E-state index is -0.136. The summed E-state index contributed by atoms with van der Waals surface area (Å²) in [5.74, 6) is 2.34. The zero-order valence-electron chi connectivity index (χ0n) is 17.8. The van der Waals surface area contributed by atoms with Crippen molar-refractivity contribution in [3.05, 3.63) is 40.0 Å². The molecule has 2 aliphatic rings. The van der Waals surface area contributed by atoms with Crippen molar-refractivity contribution in [1.29, 1.82) is 0 Å². The molecular formula is C22H24N6O2S2. The van der Waals surface area contributed by atoms with E-state index in [1.165, 1.54) is 43.4 Å². The molecule has 1 saturated carbocycles. The third-order valence-electron chi connectivity index (χ3n) is 6.11. The van der Waals surface area contributed by atoms with Crippen LogP contribution in [0.25, 0.3) is 21.5 Å². The predicted molar refractivity (Wildman–Crippen MR) is 127 cm³/mol. The summed E-state index contributed by atoms with van der Waals surface area (Å²) >= 11 is 3.08. The first kappa shape index (κ1) is 20.0. The lowest BCUT2D eigenvalue weighted by Gasteiger charge is -2.28. The Labute approximate surface area is 193 Å². The van der Waals surface area contributed by atoms with Crippen LogP contribution in [0.2, 0.25) is 0 Å². The Hall–Kier alpha value is -2.59. The van der Waals surface area contributed by atoms with E-state index in [-0.39, 0.29) is 10.8 Å². The number of hydrogen-bond acceptors (Lipinski definition) is 8. The Morgan fingerprint density at radius 1 is 1.25 bits per heavy atom. The van der Waals surface area contributed by atoms with E-state index in [0.29, 0.717) is 23.0 Å². The summed E-state index contributed by atoms with van der Waals surface area (Å²) in [6, 6.07) is 4.17. The average Bonchev–Trinajstić information content (AvgIpc) is 3.19. The molecule has 1 aliphatic carbocycles. The summed E-state index contributed by atoms with van der Waals surface area (Å²) in [4.78, 5) is 23.8. The second kappa shape index (κ2) is 8.08. The van der Waals surface area contributed by atoms with Crippen molar-refractivity contribution >= 4 is 39.3 Å². The summed E-state index contributed by atoms with van der Waals surface area (Å²) in [5, 5.41) is 12.5. The number of rotatable bonds is 6. The van der Waals surface area contributed by atoms with Gasteiger partial charge in [0.05, 0.1) is 16.9 Å². The number of thiophene rings is 1.